The fourth-order valence-electron chi connectivity index (χ4n) is 2.46. The fourth-order valence-corrected chi connectivity index (χ4v) is 2.46. The summed E-state index contributed by atoms with van der Waals surface area (Å²) in [5.41, 5.74) is 12.2. The number of hydrogen-bond donors (Lipinski definition) is 2. The van der Waals surface area contributed by atoms with Gasteiger partial charge in [0, 0.05) is 24.3 Å². The third kappa shape index (κ3) is 1.86. The van der Waals surface area contributed by atoms with E-state index in [0.717, 1.165) is 25.1 Å². The Morgan fingerprint density at radius 3 is 2.71 bits per heavy atom. The Kier molecular flexibility index (Phi) is 2.48. The summed E-state index contributed by atoms with van der Waals surface area (Å²) in [4.78, 5) is 0. The zero-order chi connectivity index (χ0) is 11.7. The summed E-state index contributed by atoms with van der Waals surface area (Å²) in [6.45, 7) is 1.05. The van der Waals surface area contributed by atoms with Crippen LogP contribution in [-0.2, 0) is 12.8 Å². The average molecular weight is 224 g/mol. The molecule has 1 heterocycles. The quantitative estimate of drug-likeness (QED) is 0.770. The van der Waals surface area contributed by atoms with Crippen LogP contribution in [0.25, 0.3) is 0 Å². The number of para-hydroxylation sites is 2. The highest BCUT2D eigenvalue weighted by Gasteiger charge is 2.14. The van der Waals surface area contributed by atoms with Crippen LogP contribution in [0.5, 0.6) is 0 Å². The molecule has 3 N–H and O–H groups in total. The van der Waals surface area contributed by atoms with Crippen molar-refractivity contribution in [2.24, 2.45) is 0 Å². The molecule has 1 aliphatic heterocycles. The number of hydrogen-bond acceptors (Lipinski definition) is 2. The zero-order valence-corrected chi connectivity index (χ0v) is 9.74. The first kappa shape index (κ1) is 10.2. The molecule has 0 fully saturated rings. The first-order valence-corrected chi connectivity index (χ1v) is 6.02. The molecule has 2 aromatic carbocycles. The van der Waals surface area contributed by atoms with Crippen molar-refractivity contribution in [2.45, 2.75) is 12.8 Å². The van der Waals surface area contributed by atoms with Gasteiger partial charge in [-0.05, 0) is 29.2 Å². The van der Waals surface area contributed by atoms with Gasteiger partial charge in [-0.25, -0.2) is 0 Å². The Bertz CT molecular complexity index is 546. The van der Waals surface area contributed by atoms with Gasteiger partial charge in [0.1, 0.15) is 0 Å². The van der Waals surface area contributed by atoms with Crippen LogP contribution in [0.2, 0.25) is 0 Å². The Labute approximate surface area is 101 Å². The highest BCUT2D eigenvalue weighted by Crippen LogP contribution is 2.29. The predicted octanol–water partition coefficient (Wildman–Crippen LogP) is 2.83. The maximum atomic E-state index is 5.99. The summed E-state index contributed by atoms with van der Waals surface area (Å²) in [6, 6.07) is 14.6. The topological polar surface area (TPSA) is 38.0 Å². The van der Waals surface area contributed by atoms with Gasteiger partial charge >= 0.3 is 0 Å². The SMILES string of the molecule is Nc1ccccc1Cc1cccc2c1NCC2. The van der Waals surface area contributed by atoms with Gasteiger partial charge < -0.3 is 11.1 Å². The fraction of sp³-hybridized carbons (Fsp3) is 0.200. The van der Waals surface area contributed by atoms with E-state index in [4.69, 9.17) is 5.73 Å². The highest BCUT2D eigenvalue weighted by molar-refractivity contribution is 5.63. The molecule has 2 aromatic rings. The van der Waals surface area contributed by atoms with Crippen molar-refractivity contribution >= 4 is 11.4 Å². The van der Waals surface area contributed by atoms with E-state index in [1.807, 2.05) is 18.2 Å². The van der Waals surface area contributed by atoms with E-state index in [-0.39, 0.29) is 0 Å². The van der Waals surface area contributed by atoms with Crippen molar-refractivity contribution in [1.29, 1.82) is 0 Å². The van der Waals surface area contributed by atoms with Crippen molar-refractivity contribution < 1.29 is 0 Å². The lowest BCUT2D eigenvalue weighted by atomic mass is 9.99. The first-order valence-electron chi connectivity index (χ1n) is 6.02. The lowest BCUT2D eigenvalue weighted by Crippen LogP contribution is -1.99. The molecule has 2 nitrogen and oxygen atoms in total. The van der Waals surface area contributed by atoms with E-state index in [0.29, 0.717) is 0 Å². The first-order chi connectivity index (χ1) is 8.34. The second kappa shape index (κ2) is 4.13. The molecular weight excluding hydrogens is 208 g/mol. The lowest BCUT2D eigenvalue weighted by molar-refractivity contribution is 1.11. The van der Waals surface area contributed by atoms with Crippen LogP contribution < -0.4 is 11.1 Å². The second-order valence-corrected chi connectivity index (χ2v) is 4.50. The summed E-state index contributed by atoms with van der Waals surface area (Å²) >= 11 is 0. The molecule has 0 spiro atoms. The number of nitrogens with one attached hydrogen (secondary N) is 1. The molecule has 1 aliphatic rings. The van der Waals surface area contributed by atoms with Crippen molar-refractivity contribution in [3.05, 3.63) is 59.2 Å². The Balaban J connectivity index is 1.97. The van der Waals surface area contributed by atoms with Crippen LogP contribution in [0.15, 0.2) is 42.5 Å². The van der Waals surface area contributed by atoms with Gasteiger partial charge in [0.2, 0.25) is 0 Å². The van der Waals surface area contributed by atoms with Crippen LogP contribution >= 0.6 is 0 Å². The third-order valence-corrected chi connectivity index (χ3v) is 3.37. The van der Waals surface area contributed by atoms with Crippen LogP contribution in [0.4, 0.5) is 11.4 Å². The zero-order valence-electron chi connectivity index (χ0n) is 9.74. The predicted molar refractivity (Wildman–Crippen MR) is 72.3 cm³/mol. The van der Waals surface area contributed by atoms with Crippen molar-refractivity contribution in [1.82, 2.24) is 0 Å². The van der Waals surface area contributed by atoms with E-state index >= 15 is 0 Å². The molecule has 3 rings (SSSR count). The lowest BCUT2D eigenvalue weighted by Gasteiger charge is -2.10. The van der Waals surface area contributed by atoms with Gasteiger partial charge in [-0.15, -0.1) is 0 Å². The average Bonchev–Trinajstić information content (AvgIpc) is 2.81. The van der Waals surface area contributed by atoms with E-state index in [1.165, 1.54) is 22.4 Å². The normalized spacial score (nSPS) is 13.2. The molecule has 0 saturated carbocycles. The summed E-state index contributed by atoms with van der Waals surface area (Å²) in [6.07, 6.45) is 2.04. The monoisotopic (exact) mass is 224 g/mol. The van der Waals surface area contributed by atoms with Gasteiger partial charge in [0.15, 0.2) is 0 Å². The number of rotatable bonds is 2. The molecule has 0 atom stereocenters. The van der Waals surface area contributed by atoms with E-state index in [9.17, 15) is 0 Å². The Hall–Kier alpha value is -1.96. The Morgan fingerprint density at radius 1 is 1.00 bits per heavy atom. The molecule has 0 radical (unpaired) electrons. The molecule has 17 heavy (non-hydrogen) atoms. The van der Waals surface area contributed by atoms with Crippen LogP contribution in [-0.4, -0.2) is 6.54 Å². The molecule has 0 aliphatic carbocycles. The summed E-state index contributed by atoms with van der Waals surface area (Å²) in [5.74, 6) is 0. The van der Waals surface area contributed by atoms with Crippen LogP contribution in [0.3, 0.4) is 0 Å². The molecule has 86 valence electrons. The maximum absolute atomic E-state index is 5.99. The van der Waals surface area contributed by atoms with Gasteiger partial charge in [-0.1, -0.05) is 36.4 Å². The van der Waals surface area contributed by atoms with Crippen molar-refractivity contribution in [2.75, 3.05) is 17.6 Å². The van der Waals surface area contributed by atoms with E-state index in [2.05, 4.69) is 29.6 Å². The number of anilines is 2. The molecule has 2 heteroatoms. The number of nitrogens with two attached hydrogens (primary N) is 1. The van der Waals surface area contributed by atoms with Crippen LogP contribution in [0.1, 0.15) is 16.7 Å². The summed E-state index contributed by atoms with van der Waals surface area (Å²) < 4.78 is 0. The third-order valence-electron chi connectivity index (χ3n) is 3.37. The second-order valence-electron chi connectivity index (χ2n) is 4.50. The van der Waals surface area contributed by atoms with Gasteiger partial charge in [0.25, 0.3) is 0 Å². The number of benzene rings is 2. The smallest absolute Gasteiger partial charge is 0.0409 e. The number of fused-ring (bicyclic) bond motifs is 1. The van der Waals surface area contributed by atoms with E-state index < -0.39 is 0 Å². The largest absolute Gasteiger partial charge is 0.398 e. The van der Waals surface area contributed by atoms with Gasteiger partial charge in [-0.2, -0.15) is 0 Å². The summed E-state index contributed by atoms with van der Waals surface area (Å²) in [5, 5.41) is 3.47. The minimum Gasteiger partial charge on any atom is -0.398 e. The van der Waals surface area contributed by atoms with Crippen molar-refractivity contribution in [3.63, 3.8) is 0 Å². The molecule has 0 unspecified atom stereocenters. The van der Waals surface area contributed by atoms with Crippen molar-refractivity contribution in [3.8, 4) is 0 Å². The van der Waals surface area contributed by atoms with Crippen LogP contribution in [0, 0.1) is 0 Å². The standard InChI is InChI=1S/C15H16N2/c16-14-7-2-1-4-12(14)10-13-6-3-5-11-8-9-17-15(11)13/h1-7,17H,8-10,16H2. The molecule has 0 amide bonds. The molecular formula is C15H16N2. The van der Waals surface area contributed by atoms with Gasteiger partial charge in [-0.3, -0.25) is 0 Å². The number of nitrogen functional groups attached to an aromatic ring is 1. The molecule has 0 aromatic heterocycles. The minimum atomic E-state index is 0.878. The Morgan fingerprint density at radius 2 is 1.82 bits per heavy atom. The molecule has 0 saturated heterocycles. The highest BCUT2D eigenvalue weighted by atomic mass is 14.9. The van der Waals surface area contributed by atoms with Gasteiger partial charge in [0.05, 0.1) is 0 Å². The van der Waals surface area contributed by atoms with E-state index in [1.54, 1.807) is 0 Å². The molecule has 0 bridgehead atoms. The minimum absolute atomic E-state index is 0.878. The summed E-state index contributed by atoms with van der Waals surface area (Å²) in [7, 11) is 0. The maximum Gasteiger partial charge on any atom is 0.0409 e.